The Morgan fingerprint density at radius 3 is 2.31 bits per heavy atom. The molecule has 2 N–H and O–H groups in total. The number of amides is 2. The van der Waals surface area contributed by atoms with Gasteiger partial charge in [0, 0.05) is 19.5 Å². The van der Waals surface area contributed by atoms with Crippen LogP contribution in [0.5, 0.6) is 0 Å². The number of carbonyl (C=O) groups is 3. The average Bonchev–Trinajstić information content (AvgIpc) is 3.27. The third kappa shape index (κ3) is 5.17. The standard InChI is InChI=1S/C27H33N3O5/c1-26(2,3)35-24(32)27(28,30-15-9-14-23(30)31)22-16-20-12-7-8-13-21(20)17-29(22)25(33)34-18-19-10-5-4-6-11-19/h4-8,10-13,22H,9,14-18,28H2,1-3H3. The van der Waals surface area contributed by atoms with E-state index in [1.54, 1.807) is 20.8 Å². The van der Waals surface area contributed by atoms with Crippen LogP contribution in [-0.4, -0.2) is 51.6 Å². The van der Waals surface area contributed by atoms with Gasteiger partial charge in [-0.05, 0) is 50.3 Å². The molecule has 0 bridgehead atoms. The number of esters is 1. The lowest BCUT2D eigenvalue weighted by Gasteiger charge is -2.48. The van der Waals surface area contributed by atoms with Crippen molar-refractivity contribution in [1.82, 2.24) is 9.80 Å². The molecule has 8 heteroatoms. The summed E-state index contributed by atoms with van der Waals surface area (Å²) in [4.78, 5) is 42.8. The van der Waals surface area contributed by atoms with Crippen molar-refractivity contribution in [1.29, 1.82) is 0 Å². The van der Waals surface area contributed by atoms with E-state index in [4.69, 9.17) is 15.2 Å². The fourth-order valence-corrected chi connectivity index (χ4v) is 4.74. The predicted molar refractivity (Wildman–Crippen MR) is 130 cm³/mol. The van der Waals surface area contributed by atoms with Crippen LogP contribution in [0.2, 0.25) is 0 Å². The highest BCUT2D eigenvalue weighted by Gasteiger charge is 2.56. The van der Waals surface area contributed by atoms with Gasteiger partial charge in [0.2, 0.25) is 11.6 Å². The first-order valence-electron chi connectivity index (χ1n) is 12.0. The number of ether oxygens (including phenoxy) is 2. The van der Waals surface area contributed by atoms with Crippen molar-refractivity contribution in [3.8, 4) is 0 Å². The van der Waals surface area contributed by atoms with Crippen molar-refractivity contribution >= 4 is 18.0 Å². The topological polar surface area (TPSA) is 102 Å². The molecule has 0 spiro atoms. The lowest BCUT2D eigenvalue weighted by molar-refractivity contribution is -0.178. The number of nitrogens with zero attached hydrogens (tertiary/aromatic N) is 2. The molecule has 0 radical (unpaired) electrons. The number of benzene rings is 2. The van der Waals surface area contributed by atoms with E-state index < -0.39 is 29.4 Å². The maximum atomic E-state index is 13.7. The zero-order valence-corrected chi connectivity index (χ0v) is 20.5. The summed E-state index contributed by atoms with van der Waals surface area (Å²) in [5.41, 5.74) is 6.96. The van der Waals surface area contributed by atoms with Crippen molar-refractivity contribution in [3.63, 3.8) is 0 Å². The number of nitrogens with two attached hydrogens (primary N) is 1. The smallest absolute Gasteiger partial charge is 0.410 e. The van der Waals surface area contributed by atoms with Crippen molar-refractivity contribution in [3.05, 3.63) is 71.3 Å². The van der Waals surface area contributed by atoms with Crippen molar-refractivity contribution < 1.29 is 23.9 Å². The minimum absolute atomic E-state index is 0.0805. The van der Waals surface area contributed by atoms with Gasteiger partial charge in [-0.25, -0.2) is 9.59 Å². The Balaban J connectivity index is 1.72. The molecule has 2 aromatic carbocycles. The zero-order chi connectivity index (χ0) is 25.2. The summed E-state index contributed by atoms with van der Waals surface area (Å²) >= 11 is 0. The van der Waals surface area contributed by atoms with Crippen molar-refractivity contribution in [2.75, 3.05) is 6.54 Å². The molecule has 2 aliphatic rings. The number of fused-ring (bicyclic) bond motifs is 1. The fraction of sp³-hybridized carbons (Fsp3) is 0.444. The van der Waals surface area contributed by atoms with E-state index in [9.17, 15) is 14.4 Å². The molecule has 8 nitrogen and oxygen atoms in total. The number of hydrogen-bond donors (Lipinski definition) is 1. The first-order valence-corrected chi connectivity index (χ1v) is 12.0. The molecule has 2 heterocycles. The SMILES string of the molecule is CC(C)(C)OC(=O)C(N)(C1Cc2ccccc2CN1C(=O)OCc1ccccc1)N1CCCC1=O. The van der Waals surface area contributed by atoms with Crippen LogP contribution in [0.25, 0.3) is 0 Å². The summed E-state index contributed by atoms with van der Waals surface area (Å²) in [6.07, 6.45) is 0.570. The van der Waals surface area contributed by atoms with Gasteiger partial charge in [-0.1, -0.05) is 54.6 Å². The largest absolute Gasteiger partial charge is 0.457 e. The predicted octanol–water partition coefficient (Wildman–Crippen LogP) is 3.37. The average molecular weight is 480 g/mol. The Morgan fingerprint density at radius 2 is 1.69 bits per heavy atom. The summed E-state index contributed by atoms with van der Waals surface area (Å²) < 4.78 is 11.4. The van der Waals surface area contributed by atoms with Crippen LogP contribution >= 0.6 is 0 Å². The summed E-state index contributed by atoms with van der Waals surface area (Å²) in [5.74, 6) is -0.958. The van der Waals surface area contributed by atoms with E-state index in [1.807, 2.05) is 54.6 Å². The number of likely N-dealkylation sites (tertiary alicyclic amines) is 1. The fourth-order valence-electron chi connectivity index (χ4n) is 4.74. The third-order valence-electron chi connectivity index (χ3n) is 6.44. The van der Waals surface area contributed by atoms with Crippen LogP contribution in [0, 0.1) is 0 Å². The zero-order valence-electron chi connectivity index (χ0n) is 20.5. The van der Waals surface area contributed by atoms with Gasteiger partial charge in [0.05, 0.1) is 6.04 Å². The van der Waals surface area contributed by atoms with Gasteiger partial charge in [-0.3, -0.25) is 15.4 Å². The molecule has 2 atom stereocenters. The molecule has 35 heavy (non-hydrogen) atoms. The van der Waals surface area contributed by atoms with Gasteiger partial charge < -0.3 is 14.4 Å². The Kier molecular flexibility index (Phi) is 6.85. The van der Waals surface area contributed by atoms with Crippen LogP contribution in [0.4, 0.5) is 4.79 Å². The molecule has 1 saturated heterocycles. The monoisotopic (exact) mass is 479 g/mol. The van der Waals surface area contributed by atoms with Crippen LogP contribution in [0.1, 0.15) is 50.3 Å². The minimum atomic E-state index is -1.86. The summed E-state index contributed by atoms with van der Waals surface area (Å²) in [7, 11) is 0. The van der Waals surface area contributed by atoms with Gasteiger partial charge >= 0.3 is 12.1 Å². The van der Waals surface area contributed by atoms with Gasteiger partial charge in [0.1, 0.15) is 12.2 Å². The maximum Gasteiger partial charge on any atom is 0.410 e. The first kappa shape index (κ1) is 24.7. The Labute approximate surface area is 206 Å². The van der Waals surface area contributed by atoms with E-state index in [2.05, 4.69) is 0 Å². The van der Waals surface area contributed by atoms with E-state index >= 15 is 0 Å². The quantitative estimate of drug-likeness (QED) is 0.660. The molecule has 2 aliphatic heterocycles. The molecule has 2 unspecified atom stereocenters. The lowest BCUT2D eigenvalue weighted by Crippen LogP contribution is -2.74. The molecule has 2 aromatic rings. The highest BCUT2D eigenvalue weighted by Crippen LogP contribution is 2.34. The summed E-state index contributed by atoms with van der Waals surface area (Å²) in [6, 6.07) is 16.2. The van der Waals surface area contributed by atoms with E-state index in [0.29, 0.717) is 19.4 Å². The second kappa shape index (κ2) is 9.70. The summed E-state index contributed by atoms with van der Waals surface area (Å²) in [6.45, 7) is 5.85. The second-order valence-corrected chi connectivity index (χ2v) is 10.1. The van der Waals surface area contributed by atoms with Crippen LogP contribution in [0.3, 0.4) is 0 Å². The van der Waals surface area contributed by atoms with Gasteiger partial charge in [-0.2, -0.15) is 0 Å². The molecule has 4 rings (SSSR count). The van der Waals surface area contributed by atoms with Crippen LogP contribution < -0.4 is 5.73 Å². The normalized spacial score (nSPS) is 19.7. The minimum Gasteiger partial charge on any atom is -0.457 e. The second-order valence-electron chi connectivity index (χ2n) is 10.1. The van der Waals surface area contributed by atoms with Gasteiger partial charge in [0.25, 0.3) is 0 Å². The van der Waals surface area contributed by atoms with Crippen molar-refractivity contribution in [2.24, 2.45) is 5.73 Å². The first-order chi connectivity index (χ1) is 16.6. The van der Waals surface area contributed by atoms with E-state index in [1.165, 1.54) is 9.80 Å². The van der Waals surface area contributed by atoms with Gasteiger partial charge in [-0.15, -0.1) is 0 Å². The molecule has 1 fully saturated rings. The molecular formula is C27H33N3O5. The van der Waals surface area contributed by atoms with Crippen LogP contribution in [0.15, 0.2) is 54.6 Å². The molecule has 0 aliphatic carbocycles. The Hall–Kier alpha value is -3.39. The van der Waals surface area contributed by atoms with Crippen LogP contribution in [-0.2, 0) is 38.6 Å². The lowest BCUT2D eigenvalue weighted by atomic mass is 9.85. The van der Waals surface area contributed by atoms with E-state index in [-0.39, 0.29) is 25.5 Å². The number of hydrogen-bond acceptors (Lipinski definition) is 6. The number of rotatable bonds is 5. The third-order valence-corrected chi connectivity index (χ3v) is 6.44. The Morgan fingerprint density at radius 1 is 1.03 bits per heavy atom. The molecular weight excluding hydrogens is 446 g/mol. The highest BCUT2D eigenvalue weighted by molar-refractivity contribution is 5.90. The summed E-state index contributed by atoms with van der Waals surface area (Å²) in [5, 5.41) is 0. The van der Waals surface area contributed by atoms with E-state index in [0.717, 1.165) is 16.7 Å². The maximum absolute atomic E-state index is 13.7. The molecule has 2 amide bonds. The number of carbonyl (C=O) groups excluding carboxylic acids is 3. The highest BCUT2D eigenvalue weighted by atomic mass is 16.6. The van der Waals surface area contributed by atoms with Gasteiger partial charge in [0.15, 0.2) is 0 Å². The van der Waals surface area contributed by atoms with Crippen molar-refractivity contribution in [2.45, 2.75) is 70.5 Å². The molecule has 0 aromatic heterocycles. The Bertz CT molecular complexity index is 1100. The molecule has 186 valence electrons. The molecule has 0 saturated carbocycles.